The second-order valence-corrected chi connectivity index (χ2v) is 5.81. The summed E-state index contributed by atoms with van der Waals surface area (Å²) in [6, 6.07) is 7.98. The zero-order valence-electron chi connectivity index (χ0n) is 9.75. The maximum atomic E-state index is 11.1. The van der Waals surface area contributed by atoms with Gasteiger partial charge in [0.25, 0.3) is 0 Å². The second kappa shape index (κ2) is 4.18. The first-order chi connectivity index (χ1) is 7.88. The Morgan fingerprint density at radius 2 is 2.12 bits per heavy atom. The molecule has 0 amide bonds. The van der Waals surface area contributed by atoms with Crippen LogP contribution >= 0.6 is 15.9 Å². The lowest BCUT2D eigenvalue weighted by Gasteiger charge is -2.17. The molecule has 0 atom stereocenters. The van der Waals surface area contributed by atoms with E-state index in [1.807, 2.05) is 24.3 Å². The van der Waals surface area contributed by atoms with Crippen LogP contribution in [0.5, 0.6) is 0 Å². The molecule has 1 aromatic heterocycles. The Morgan fingerprint density at radius 3 is 2.76 bits per heavy atom. The molecule has 2 N–H and O–H groups in total. The normalized spacial score (nSPS) is 11.9. The number of aromatic nitrogens is 1. The highest BCUT2D eigenvalue weighted by atomic mass is 79.9. The van der Waals surface area contributed by atoms with Crippen molar-refractivity contribution in [1.29, 1.82) is 0 Å². The molecule has 17 heavy (non-hydrogen) atoms. The summed E-state index contributed by atoms with van der Waals surface area (Å²) >= 11 is 3.41. The Bertz CT molecular complexity index is 572. The van der Waals surface area contributed by atoms with Crippen LogP contribution in [0.2, 0.25) is 0 Å². The van der Waals surface area contributed by atoms with Crippen molar-refractivity contribution >= 4 is 32.8 Å². The van der Waals surface area contributed by atoms with Crippen molar-refractivity contribution in [1.82, 2.24) is 4.98 Å². The smallest absolute Gasteiger partial charge is 0.309 e. The van der Waals surface area contributed by atoms with Crippen LogP contribution in [-0.4, -0.2) is 16.1 Å². The Morgan fingerprint density at radius 1 is 1.41 bits per heavy atom. The van der Waals surface area contributed by atoms with Crippen LogP contribution in [0.25, 0.3) is 10.9 Å². The first kappa shape index (κ1) is 12.2. The third-order valence-corrected chi connectivity index (χ3v) is 3.34. The van der Waals surface area contributed by atoms with Crippen molar-refractivity contribution in [3.63, 3.8) is 0 Å². The van der Waals surface area contributed by atoms with E-state index in [1.165, 1.54) is 0 Å². The van der Waals surface area contributed by atoms with Crippen molar-refractivity contribution in [2.45, 2.75) is 20.3 Å². The quantitative estimate of drug-likeness (QED) is 0.909. The number of hydrogen-bond donors (Lipinski definition) is 2. The zero-order chi connectivity index (χ0) is 12.6. The topological polar surface area (TPSA) is 53.1 Å². The van der Waals surface area contributed by atoms with Gasteiger partial charge in [-0.1, -0.05) is 22.0 Å². The number of rotatable bonds is 3. The van der Waals surface area contributed by atoms with Crippen molar-refractivity contribution < 1.29 is 9.90 Å². The average Bonchev–Trinajstić information content (AvgIpc) is 2.57. The number of carboxylic acid groups (broad SMARTS) is 1. The molecule has 1 aromatic carbocycles. The fourth-order valence-electron chi connectivity index (χ4n) is 1.81. The molecule has 2 aromatic rings. The predicted octanol–water partition coefficient (Wildman–Crippen LogP) is 3.58. The van der Waals surface area contributed by atoms with E-state index in [0.717, 1.165) is 21.1 Å². The molecule has 0 saturated carbocycles. The van der Waals surface area contributed by atoms with Crippen molar-refractivity contribution in [2.75, 3.05) is 0 Å². The fraction of sp³-hybridized carbons (Fsp3) is 0.308. The number of H-pyrrole nitrogens is 1. The van der Waals surface area contributed by atoms with E-state index >= 15 is 0 Å². The third-order valence-electron chi connectivity index (χ3n) is 2.85. The Labute approximate surface area is 108 Å². The van der Waals surface area contributed by atoms with Gasteiger partial charge in [-0.25, -0.2) is 0 Å². The van der Waals surface area contributed by atoms with Gasteiger partial charge in [0.05, 0.1) is 5.41 Å². The van der Waals surface area contributed by atoms with Crippen molar-refractivity contribution in [3.8, 4) is 0 Å². The fourth-order valence-corrected chi connectivity index (χ4v) is 2.17. The van der Waals surface area contributed by atoms with Gasteiger partial charge in [-0.2, -0.15) is 0 Å². The lowest BCUT2D eigenvalue weighted by atomic mass is 9.88. The van der Waals surface area contributed by atoms with Gasteiger partial charge in [-0.3, -0.25) is 4.79 Å². The molecule has 1 heterocycles. The number of halogens is 1. The highest BCUT2D eigenvalue weighted by Crippen LogP contribution is 2.25. The molecular weight excluding hydrogens is 282 g/mol. The van der Waals surface area contributed by atoms with Gasteiger partial charge in [0, 0.05) is 22.1 Å². The van der Waals surface area contributed by atoms with Crippen LogP contribution in [0.15, 0.2) is 28.7 Å². The first-order valence-electron chi connectivity index (χ1n) is 5.39. The minimum Gasteiger partial charge on any atom is -0.481 e. The van der Waals surface area contributed by atoms with E-state index in [2.05, 4.69) is 20.9 Å². The molecule has 3 nitrogen and oxygen atoms in total. The van der Waals surface area contributed by atoms with Gasteiger partial charge in [0.1, 0.15) is 0 Å². The lowest BCUT2D eigenvalue weighted by molar-refractivity contribution is -0.146. The van der Waals surface area contributed by atoms with E-state index < -0.39 is 11.4 Å². The van der Waals surface area contributed by atoms with Crippen LogP contribution < -0.4 is 0 Å². The van der Waals surface area contributed by atoms with Crippen LogP contribution in [0, 0.1) is 5.41 Å². The van der Waals surface area contributed by atoms with E-state index in [1.54, 1.807) is 13.8 Å². The molecule has 0 unspecified atom stereocenters. The minimum absolute atomic E-state index is 0.495. The van der Waals surface area contributed by atoms with Gasteiger partial charge >= 0.3 is 5.97 Å². The van der Waals surface area contributed by atoms with Gasteiger partial charge < -0.3 is 10.1 Å². The summed E-state index contributed by atoms with van der Waals surface area (Å²) < 4.78 is 1.01. The molecule has 2 rings (SSSR count). The summed E-state index contributed by atoms with van der Waals surface area (Å²) in [5, 5.41) is 10.2. The van der Waals surface area contributed by atoms with Crippen molar-refractivity contribution in [3.05, 3.63) is 34.4 Å². The highest BCUT2D eigenvalue weighted by molar-refractivity contribution is 9.10. The van der Waals surface area contributed by atoms with Gasteiger partial charge in [-0.15, -0.1) is 0 Å². The SMILES string of the molecule is CC(C)(Cc1cc2ccc(Br)cc2[nH]1)C(=O)O. The molecule has 0 bridgehead atoms. The first-order valence-corrected chi connectivity index (χ1v) is 6.18. The molecule has 0 aliphatic heterocycles. The molecule has 0 saturated heterocycles. The summed E-state index contributed by atoms with van der Waals surface area (Å²) in [7, 11) is 0. The number of nitrogens with one attached hydrogen (secondary N) is 1. The summed E-state index contributed by atoms with van der Waals surface area (Å²) in [6.07, 6.45) is 0.495. The third kappa shape index (κ3) is 2.52. The Hall–Kier alpha value is -1.29. The van der Waals surface area contributed by atoms with E-state index in [0.29, 0.717) is 6.42 Å². The molecule has 0 aliphatic rings. The lowest BCUT2D eigenvalue weighted by Crippen LogP contribution is -2.26. The summed E-state index contributed by atoms with van der Waals surface area (Å²) in [4.78, 5) is 14.3. The van der Waals surface area contributed by atoms with Crippen molar-refractivity contribution in [2.24, 2.45) is 5.41 Å². The number of carboxylic acids is 1. The number of fused-ring (bicyclic) bond motifs is 1. The molecule has 90 valence electrons. The second-order valence-electron chi connectivity index (χ2n) is 4.89. The number of hydrogen-bond acceptors (Lipinski definition) is 1. The van der Waals surface area contributed by atoms with E-state index in [9.17, 15) is 4.79 Å². The zero-order valence-corrected chi connectivity index (χ0v) is 11.3. The molecule has 4 heteroatoms. The van der Waals surface area contributed by atoms with Gasteiger partial charge in [-0.05, 0) is 37.4 Å². The Balaban J connectivity index is 2.34. The molecule has 0 radical (unpaired) electrons. The predicted molar refractivity (Wildman–Crippen MR) is 71.1 cm³/mol. The summed E-state index contributed by atoms with van der Waals surface area (Å²) in [5.74, 6) is -0.780. The summed E-state index contributed by atoms with van der Waals surface area (Å²) in [6.45, 7) is 3.47. The van der Waals surface area contributed by atoms with Crippen LogP contribution in [-0.2, 0) is 11.2 Å². The van der Waals surface area contributed by atoms with E-state index in [-0.39, 0.29) is 0 Å². The number of aromatic amines is 1. The number of aliphatic carboxylic acids is 1. The van der Waals surface area contributed by atoms with Gasteiger partial charge in [0.2, 0.25) is 0 Å². The van der Waals surface area contributed by atoms with Crippen LogP contribution in [0.4, 0.5) is 0 Å². The maximum Gasteiger partial charge on any atom is 0.309 e. The maximum absolute atomic E-state index is 11.1. The molecule has 0 spiro atoms. The van der Waals surface area contributed by atoms with E-state index in [4.69, 9.17) is 5.11 Å². The van der Waals surface area contributed by atoms with Crippen LogP contribution in [0.3, 0.4) is 0 Å². The average molecular weight is 296 g/mol. The van der Waals surface area contributed by atoms with Gasteiger partial charge in [0.15, 0.2) is 0 Å². The largest absolute Gasteiger partial charge is 0.481 e. The molecule has 0 fully saturated rings. The standard InChI is InChI=1S/C13H14BrNO2/c1-13(2,12(16)17)7-10-5-8-3-4-9(14)6-11(8)15-10/h3-6,15H,7H2,1-2H3,(H,16,17). The minimum atomic E-state index is -0.780. The highest BCUT2D eigenvalue weighted by Gasteiger charge is 2.27. The molecule has 0 aliphatic carbocycles. The Kier molecular flexibility index (Phi) is 3.00. The molecular formula is C13H14BrNO2. The summed E-state index contributed by atoms with van der Waals surface area (Å²) in [5.41, 5.74) is 1.22. The number of benzene rings is 1. The van der Waals surface area contributed by atoms with Crippen LogP contribution in [0.1, 0.15) is 19.5 Å². The number of carbonyl (C=O) groups is 1. The monoisotopic (exact) mass is 295 g/mol.